The zero-order valence-electron chi connectivity index (χ0n) is 31.7. The fourth-order valence-electron chi connectivity index (χ4n) is 5.42. The first kappa shape index (κ1) is 47.7. The van der Waals surface area contributed by atoms with E-state index in [0.29, 0.717) is 13.0 Å². The van der Waals surface area contributed by atoms with Crippen LogP contribution in [0.5, 0.6) is 0 Å². The van der Waals surface area contributed by atoms with Crippen LogP contribution in [0.1, 0.15) is 174 Å². The summed E-state index contributed by atoms with van der Waals surface area (Å²) in [6, 6.07) is 0. The summed E-state index contributed by atoms with van der Waals surface area (Å²) in [7, 11) is -4.27. The molecule has 0 fully saturated rings. The average molecular weight is 714 g/mol. The predicted octanol–water partition coefficient (Wildman–Crippen LogP) is 11.5. The van der Waals surface area contributed by atoms with E-state index in [1.165, 1.54) is 83.5 Å². The van der Waals surface area contributed by atoms with Crippen molar-refractivity contribution in [2.75, 3.05) is 33.0 Å². The van der Waals surface area contributed by atoms with Crippen LogP contribution in [-0.2, 0) is 27.9 Å². The van der Waals surface area contributed by atoms with Gasteiger partial charge in [0.2, 0.25) is 0 Å². The summed E-state index contributed by atoms with van der Waals surface area (Å²) in [6.45, 7) is 4.80. The van der Waals surface area contributed by atoms with E-state index in [1.54, 1.807) is 0 Å². The number of hydrogen-bond donors (Lipinski definition) is 2. The second-order valence-corrected chi connectivity index (χ2v) is 14.6. The Bertz CT molecular complexity index is 848. The Morgan fingerprint density at radius 1 is 0.633 bits per heavy atom. The highest BCUT2D eigenvalue weighted by Gasteiger charge is 2.25. The molecule has 2 unspecified atom stereocenters. The normalized spacial score (nSPS) is 14.0. The van der Waals surface area contributed by atoms with Gasteiger partial charge in [0.05, 0.1) is 19.8 Å². The van der Waals surface area contributed by atoms with Gasteiger partial charge in [0, 0.05) is 19.6 Å². The van der Waals surface area contributed by atoms with Crippen molar-refractivity contribution >= 4 is 13.8 Å². The molecule has 0 aromatic rings. The highest BCUT2D eigenvalue weighted by Crippen LogP contribution is 2.43. The molecule has 0 aliphatic rings. The molecule has 3 N–H and O–H groups in total. The molecule has 288 valence electrons. The first-order chi connectivity index (χ1) is 23.9. The lowest BCUT2D eigenvalue weighted by Gasteiger charge is -2.20. The lowest BCUT2D eigenvalue weighted by Crippen LogP contribution is -2.28. The molecule has 0 rings (SSSR count). The minimum absolute atomic E-state index is 0.0976. The minimum atomic E-state index is -4.27. The van der Waals surface area contributed by atoms with E-state index in [4.69, 9.17) is 24.3 Å². The molecule has 0 saturated heterocycles. The molecular formula is C40H76NO7P. The van der Waals surface area contributed by atoms with E-state index in [9.17, 15) is 14.3 Å². The van der Waals surface area contributed by atoms with Gasteiger partial charge in [-0.1, -0.05) is 159 Å². The predicted molar refractivity (Wildman–Crippen MR) is 206 cm³/mol. The quantitative estimate of drug-likeness (QED) is 0.0281. The summed E-state index contributed by atoms with van der Waals surface area (Å²) in [5, 5.41) is 0. The van der Waals surface area contributed by atoms with Crippen LogP contribution in [0, 0.1) is 0 Å². The van der Waals surface area contributed by atoms with E-state index in [-0.39, 0.29) is 32.3 Å². The number of carbonyl (C=O) groups excluding carboxylic acids is 1. The minimum Gasteiger partial charge on any atom is -0.457 e. The second kappa shape index (κ2) is 38.0. The Morgan fingerprint density at radius 2 is 1.14 bits per heavy atom. The van der Waals surface area contributed by atoms with E-state index >= 15 is 0 Å². The van der Waals surface area contributed by atoms with Gasteiger partial charge < -0.3 is 20.1 Å². The second-order valence-electron chi connectivity index (χ2n) is 13.1. The standard InChI is InChI=1S/C40H76NO7P/c1-3-5-7-9-11-13-15-17-19-21-23-25-27-29-31-33-40(42)48-39(38-47-49(43,44)46-36-34-41)37-45-35-32-30-28-26-24-22-20-18-16-14-12-10-8-6-4-2/h5,7,11,13,17,19,39H,3-4,6,8-10,12,14-16,18,20-38,41H2,1-2H3,(H,43,44)/b7-5-,13-11-,19-17-. The summed E-state index contributed by atoms with van der Waals surface area (Å²) in [6.07, 6.45) is 41.5. The molecule has 2 atom stereocenters. The van der Waals surface area contributed by atoms with Gasteiger partial charge in [0.15, 0.2) is 0 Å². The number of allylic oxidation sites excluding steroid dienone is 6. The SMILES string of the molecule is CC/C=C\C/C=C\C/C=C\CCCCCCCC(=O)OC(COCCCCCCCCCCCCCCCCC)COP(=O)(O)OCCN. The fourth-order valence-corrected chi connectivity index (χ4v) is 6.19. The van der Waals surface area contributed by atoms with Gasteiger partial charge >= 0.3 is 13.8 Å². The maximum atomic E-state index is 12.5. The van der Waals surface area contributed by atoms with Crippen molar-refractivity contribution in [3.63, 3.8) is 0 Å². The van der Waals surface area contributed by atoms with E-state index in [2.05, 4.69) is 50.3 Å². The number of hydrogen-bond acceptors (Lipinski definition) is 7. The van der Waals surface area contributed by atoms with Gasteiger partial charge in [-0.05, 0) is 44.9 Å². The lowest BCUT2D eigenvalue weighted by atomic mass is 10.0. The number of phosphoric acid groups is 1. The van der Waals surface area contributed by atoms with Gasteiger partial charge in [0.25, 0.3) is 0 Å². The van der Waals surface area contributed by atoms with Crippen LogP contribution >= 0.6 is 7.82 Å². The number of esters is 1. The summed E-state index contributed by atoms with van der Waals surface area (Å²) in [5.74, 6) is -0.346. The molecular weight excluding hydrogens is 637 g/mol. The van der Waals surface area contributed by atoms with Crippen LogP contribution in [-0.4, -0.2) is 49.9 Å². The fraction of sp³-hybridized carbons (Fsp3) is 0.825. The van der Waals surface area contributed by atoms with Gasteiger partial charge in [-0.3, -0.25) is 13.8 Å². The maximum absolute atomic E-state index is 12.5. The monoisotopic (exact) mass is 714 g/mol. The van der Waals surface area contributed by atoms with Gasteiger partial charge in [-0.2, -0.15) is 0 Å². The third kappa shape index (κ3) is 37.8. The molecule has 0 spiro atoms. The smallest absolute Gasteiger partial charge is 0.457 e. The van der Waals surface area contributed by atoms with Crippen LogP contribution in [0.4, 0.5) is 0 Å². The molecule has 0 saturated carbocycles. The molecule has 9 heteroatoms. The zero-order valence-corrected chi connectivity index (χ0v) is 32.6. The van der Waals surface area contributed by atoms with Crippen molar-refractivity contribution in [2.24, 2.45) is 5.73 Å². The molecule has 0 radical (unpaired) electrons. The topological polar surface area (TPSA) is 117 Å². The Hall–Kier alpha value is -1.28. The lowest BCUT2D eigenvalue weighted by molar-refractivity contribution is -0.154. The van der Waals surface area contributed by atoms with Crippen molar-refractivity contribution in [3.8, 4) is 0 Å². The van der Waals surface area contributed by atoms with Gasteiger partial charge in [-0.15, -0.1) is 0 Å². The van der Waals surface area contributed by atoms with E-state index < -0.39 is 13.9 Å². The molecule has 0 amide bonds. The number of phosphoric ester groups is 1. The van der Waals surface area contributed by atoms with Crippen molar-refractivity contribution in [2.45, 2.75) is 180 Å². The summed E-state index contributed by atoms with van der Waals surface area (Å²) >= 11 is 0. The first-order valence-electron chi connectivity index (χ1n) is 20.0. The molecule has 8 nitrogen and oxygen atoms in total. The summed E-state index contributed by atoms with van der Waals surface area (Å²) in [5.41, 5.74) is 5.36. The van der Waals surface area contributed by atoms with Crippen LogP contribution in [0.25, 0.3) is 0 Å². The number of unbranched alkanes of at least 4 members (excludes halogenated alkanes) is 19. The van der Waals surface area contributed by atoms with Crippen molar-refractivity contribution in [1.82, 2.24) is 0 Å². The first-order valence-corrected chi connectivity index (χ1v) is 21.5. The molecule has 0 aromatic carbocycles. The van der Waals surface area contributed by atoms with Crippen LogP contribution < -0.4 is 5.73 Å². The highest BCUT2D eigenvalue weighted by atomic mass is 31.2. The van der Waals surface area contributed by atoms with Crippen molar-refractivity contribution < 1.29 is 32.8 Å². The zero-order chi connectivity index (χ0) is 35.9. The third-order valence-electron chi connectivity index (χ3n) is 8.32. The van der Waals surface area contributed by atoms with Crippen molar-refractivity contribution in [3.05, 3.63) is 36.5 Å². The molecule has 0 aromatic heterocycles. The number of nitrogens with two attached hydrogens (primary N) is 1. The summed E-state index contributed by atoms with van der Waals surface area (Å²) in [4.78, 5) is 22.4. The number of rotatable bonds is 38. The Morgan fingerprint density at radius 3 is 1.71 bits per heavy atom. The third-order valence-corrected chi connectivity index (χ3v) is 9.31. The molecule has 0 heterocycles. The molecule has 0 bridgehead atoms. The Kier molecular flexibility index (Phi) is 37.0. The van der Waals surface area contributed by atoms with Crippen molar-refractivity contribution in [1.29, 1.82) is 0 Å². The van der Waals surface area contributed by atoms with E-state index in [1.807, 2.05) is 0 Å². The number of ether oxygens (including phenoxy) is 2. The van der Waals surface area contributed by atoms with E-state index in [0.717, 1.165) is 70.6 Å². The summed E-state index contributed by atoms with van der Waals surface area (Å²) < 4.78 is 33.3. The van der Waals surface area contributed by atoms with Crippen LogP contribution in [0.2, 0.25) is 0 Å². The van der Waals surface area contributed by atoms with Gasteiger partial charge in [-0.25, -0.2) is 4.57 Å². The largest absolute Gasteiger partial charge is 0.472 e. The average Bonchev–Trinajstić information content (AvgIpc) is 3.09. The molecule has 0 aliphatic heterocycles. The molecule has 0 aliphatic carbocycles. The van der Waals surface area contributed by atoms with Crippen LogP contribution in [0.15, 0.2) is 36.5 Å². The highest BCUT2D eigenvalue weighted by molar-refractivity contribution is 7.47. The van der Waals surface area contributed by atoms with Crippen LogP contribution in [0.3, 0.4) is 0 Å². The molecule has 49 heavy (non-hydrogen) atoms. The van der Waals surface area contributed by atoms with Gasteiger partial charge in [0.1, 0.15) is 6.10 Å². The Labute approximate surface area is 301 Å². The maximum Gasteiger partial charge on any atom is 0.472 e. The Balaban J connectivity index is 4.08. The number of carbonyl (C=O) groups is 1.